The summed E-state index contributed by atoms with van der Waals surface area (Å²) < 4.78 is 38.2. The molecule has 2 heterocycles. The third-order valence-electron chi connectivity index (χ3n) is 4.52. The highest BCUT2D eigenvalue weighted by atomic mass is 32.1. The second kappa shape index (κ2) is 10.2. The lowest BCUT2D eigenvalue weighted by Crippen LogP contribution is -2.18. The lowest BCUT2D eigenvalue weighted by atomic mass is 9.96. The lowest BCUT2D eigenvalue weighted by molar-refractivity contribution is -0.134. The van der Waals surface area contributed by atoms with Gasteiger partial charge in [0.15, 0.2) is 5.13 Å². The van der Waals surface area contributed by atoms with Crippen LogP contribution in [-0.2, 0) is 20.6 Å². The van der Waals surface area contributed by atoms with E-state index in [-0.39, 0.29) is 11.5 Å². The SMILES string of the molecule is C[C@H](C(=O)Nc1ncc(C(F)(F)F)s1)c1cccc(-c2ccc(C=CC(=O)NC=O)nc2)c1. The summed E-state index contributed by atoms with van der Waals surface area (Å²) in [6.45, 7) is 1.64. The van der Waals surface area contributed by atoms with Crippen molar-refractivity contribution in [2.24, 2.45) is 0 Å². The van der Waals surface area contributed by atoms with E-state index in [1.807, 2.05) is 11.4 Å². The first-order valence-electron chi connectivity index (χ1n) is 9.50. The van der Waals surface area contributed by atoms with Crippen LogP contribution in [0.15, 0.2) is 54.9 Å². The number of hydrogen-bond donors (Lipinski definition) is 2. The monoisotopic (exact) mass is 474 g/mol. The molecule has 1 atom stereocenters. The van der Waals surface area contributed by atoms with E-state index in [9.17, 15) is 27.6 Å². The molecule has 33 heavy (non-hydrogen) atoms. The van der Waals surface area contributed by atoms with Crippen LogP contribution in [0.1, 0.15) is 29.0 Å². The highest BCUT2D eigenvalue weighted by Gasteiger charge is 2.33. The maximum absolute atomic E-state index is 12.7. The van der Waals surface area contributed by atoms with Crippen molar-refractivity contribution in [1.82, 2.24) is 15.3 Å². The van der Waals surface area contributed by atoms with Crippen LogP contribution >= 0.6 is 11.3 Å². The molecule has 11 heteroatoms. The first kappa shape index (κ1) is 23.8. The molecule has 1 aromatic carbocycles. The molecule has 0 unspecified atom stereocenters. The molecule has 0 radical (unpaired) electrons. The van der Waals surface area contributed by atoms with Gasteiger partial charge in [-0.2, -0.15) is 13.2 Å². The second-order valence-corrected chi connectivity index (χ2v) is 7.83. The van der Waals surface area contributed by atoms with E-state index in [0.29, 0.717) is 28.8 Å². The van der Waals surface area contributed by atoms with Gasteiger partial charge in [-0.1, -0.05) is 41.7 Å². The minimum absolute atomic E-state index is 0.120. The number of pyridine rings is 1. The van der Waals surface area contributed by atoms with Gasteiger partial charge < -0.3 is 5.32 Å². The van der Waals surface area contributed by atoms with Crippen molar-refractivity contribution >= 4 is 40.8 Å². The van der Waals surface area contributed by atoms with Crippen LogP contribution in [0.25, 0.3) is 17.2 Å². The third kappa shape index (κ3) is 6.32. The predicted molar refractivity (Wildman–Crippen MR) is 117 cm³/mol. The summed E-state index contributed by atoms with van der Waals surface area (Å²) in [5, 5.41) is 4.29. The maximum Gasteiger partial charge on any atom is 0.427 e. The molecule has 0 aliphatic carbocycles. The van der Waals surface area contributed by atoms with Gasteiger partial charge in [0.2, 0.25) is 18.2 Å². The van der Waals surface area contributed by atoms with Gasteiger partial charge in [-0.15, -0.1) is 0 Å². The number of benzene rings is 1. The first-order chi connectivity index (χ1) is 15.7. The zero-order valence-corrected chi connectivity index (χ0v) is 17.9. The average Bonchev–Trinajstić information content (AvgIpc) is 3.27. The summed E-state index contributed by atoms with van der Waals surface area (Å²) in [5.74, 6) is -1.69. The number of nitrogens with zero attached hydrogens (tertiary/aromatic N) is 2. The van der Waals surface area contributed by atoms with E-state index in [1.54, 1.807) is 43.5 Å². The summed E-state index contributed by atoms with van der Waals surface area (Å²) in [6.07, 6.45) is 0.684. The van der Waals surface area contributed by atoms with Crippen LogP contribution in [0, 0.1) is 0 Å². The molecule has 0 aliphatic heterocycles. The van der Waals surface area contributed by atoms with Crippen molar-refractivity contribution in [3.63, 3.8) is 0 Å². The Bertz CT molecular complexity index is 1190. The van der Waals surface area contributed by atoms with Crippen LogP contribution in [0.5, 0.6) is 0 Å². The number of carbonyl (C=O) groups excluding carboxylic acids is 3. The number of thiazole rings is 1. The van der Waals surface area contributed by atoms with Gasteiger partial charge in [0, 0.05) is 17.8 Å². The van der Waals surface area contributed by atoms with Gasteiger partial charge in [0.1, 0.15) is 4.88 Å². The van der Waals surface area contributed by atoms with E-state index in [0.717, 1.165) is 11.1 Å². The molecular weight excluding hydrogens is 457 g/mol. The fourth-order valence-corrected chi connectivity index (χ4v) is 3.44. The van der Waals surface area contributed by atoms with Crippen molar-refractivity contribution in [2.75, 3.05) is 5.32 Å². The van der Waals surface area contributed by atoms with Crippen molar-refractivity contribution < 1.29 is 27.6 Å². The van der Waals surface area contributed by atoms with Gasteiger partial charge in [-0.05, 0) is 30.2 Å². The molecule has 2 aromatic heterocycles. The molecule has 0 aliphatic rings. The Morgan fingerprint density at radius 3 is 2.52 bits per heavy atom. The van der Waals surface area contributed by atoms with E-state index in [1.165, 1.54) is 12.2 Å². The molecule has 0 spiro atoms. The Hall–Kier alpha value is -3.86. The van der Waals surface area contributed by atoms with Crippen LogP contribution < -0.4 is 10.6 Å². The molecule has 0 bridgehead atoms. The summed E-state index contributed by atoms with van der Waals surface area (Å²) >= 11 is 0.366. The largest absolute Gasteiger partial charge is 0.427 e. The van der Waals surface area contributed by atoms with Gasteiger partial charge in [-0.3, -0.25) is 24.7 Å². The zero-order valence-electron chi connectivity index (χ0n) is 17.1. The third-order valence-corrected chi connectivity index (χ3v) is 5.48. The standard InChI is InChI=1S/C22H17F3N4O3S/c1-13(20(32)29-21-27-11-18(33-21)22(23,24)25)14-3-2-4-15(9-14)16-5-6-17(26-10-16)7-8-19(31)28-12-30/h2-13H,1H3,(H,27,29,32)(H,28,30,31)/t13-/m0/s1. The Labute approximate surface area is 190 Å². The Balaban J connectivity index is 1.70. The van der Waals surface area contributed by atoms with Crippen LogP contribution in [0.3, 0.4) is 0 Å². The number of anilines is 1. The van der Waals surface area contributed by atoms with E-state index in [2.05, 4.69) is 15.3 Å². The Kier molecular flexibility index (Phi) is 7.34. The highest BCUT2D eigenvalue weighted by molar-refractivity contribution is 7.15. The summed E-state index contributed by atoms with van der Waals surface area (Å²) in [4.78, 5) is 41.0. The van der Waals surface area contributed by atoms with Crippen molar-refractivity contribution in [3.05, 3.63) is 71.0 Å². The quantitative estimate of drug-likeness (QED) is 0.394. The first-order valence-corrected chi connectivity index (χ1v) is 10.3. The average molecular weight is 474 g/mol. The molecule has 2 N–H and O–H groups in total. The number of imide groups is 1. The van der Waals surface area contributed by atoms with Gasteiger partial charge in [0.05, 0.1) is 17.8 Å². The van der Waals surface area contributed by atoms with Crippen molar-refractivity contribution in [3.8, 4) is 11.1 Å². The van der Waals surface area contributed by atoms with E-state index in [4.69, 9.17) is 0 Å². The predicted octanol–water partition coefficient (Wildman–Crippen LogP) is 4.25. The lowest BCUT2D eigenvalue weighted by Gasteiger charge is -2.13. The van der Waals surface area contributed by atoms with Crippen molar-refractivity contribution in [1.29, 1.82) is 0 Å². The molecule has 0 saturated heterocycles. The Morgan fingerprint density at radius 1 is 1.09 bits per heavy atom. The fourth-order valence-electron chi connectivity index (χ4n) is 2.76. The van der Waals surface area contributed by atoms with Crippen LogP contribution in [0.4, 0.5) is 18.3 Å². The summed E-state index contributed by atoms with van der Waals surface area (Å²) in [5.41, 5.74) is 2.70. The molecule has 170 valence electrons. The number of rotatable bonds is 7. The normalized spacial score (nSPS) is 12.4. The van der Waals surface area contributed by atoms with Crippen molar-refractivity contribution in [2.45, 2.75) is 19.0 Å². The number of halogens is 3. The molecular formula is C22H17F3N4O3S. The van der Waals surface area contributed by atoms with E-state index < -0.39 is 28.8 Å². The van der Waals surface area contributed by atoms with Gasteiger partial charge in [-0.25, -0.2) is 4.98 Å². The van der Waals surface area contributed by atoms with Crippen LogP contribution in [0.2, 0.25) is 0 Å². The molecule has 0 fully saturated rings. The number of aromatic nitrogens is 2. The Morgan fingerprint density at radius 2 is 1.88 bits per heavy atom. The number of carbonyl (C=O) groups is 3. The fraction of sp³-hybridized carbons (Fsp3) is 0.136. The zero-order chi connectivity index (χ0) is 24.0. The van der Waals surface area contributed by atoms with Crippen LogP contribution in [-0.4, -0.2) is 28.2 Å². The van der Waals surface area contributed by atoms with E-state index >= 15 is 0 Å². The molecule has 7 nitrogen and oxygen atoms in total. The number of amides is 3. The van der Waals surface area contributed by atoms with Gasteiger partial charge >= 0.3 is 6.18 Å². The number of alkyl halides is 3. The molecule has 3 amide bonds. The molecule has 3 rings (SSSR count). The summed E-state index contributed by atoms with van der Waals surface area (Å²) in [6, 6.07) is 10.6. The topological polar surface area (TPSA) is 101 Å². The summed E-state index contributed by atoms with van der Waals surface area (Å²) in [7, 11) is 0. The number of nitrogens with one attached hydrogen (secondary N) is 2. The number of hydrogen-bond acceptors (Lipinski definition) is 6. The van der Waals surface area contributed by atoms with Gasteiger partial charge in [0.25, 0.3) is 0 Å². The second-order valence-electron chi connectivity index (χ2n) is 6.80. The molecule has 3 aromatic rings. The highest BCUT2D eigenvalue weighted by Crippen LogP contribution is 2.35. The minimum atomic E-state index is -4.51. The minimum Gasteiger partial charge on any atom is -0.301 e. The molecule has 0 saturated carbocycles. The smallest absolute Gasteiger partial charge is 0.301 e. The maximum atomic E-state index is 12.7.